The fraction of sp³-hybridized carbons (Fsp3) is 0.846. The first-order valence-electron chi connectivity index (χ1n) is 6.80. The summed E-state index contributed by atoms with van der Waals surface area (Å²) in [4.78, 5) is 25.4. The second kappa shape index (κ2) is 5.69. The van der Waals surface area contributed by atoms with Crippen molar-refractivity contribution in [1.82, 2.24) is 15.5 Å². The molecule has 102 valence electrons. The molecule has 5 heteroatoms. The summed E-state index contributed by atoms with van der Waals surface area (Å²) in [6, 6.07) is 0.181. The van der Waals surface area contributed by atoms with Crippen LogP contribution in [0.1, 0.15) is 25.7 Å². The first kappa shape index (κ1) is 13.3. The van der Waals surface area contributed by atoms with Crippen molar-refractivity contribution >= 4 is 11.8 Å². The van der Waals surface area contributed by atoms with E-state index in [1.165, 1.54) is 0 Å². The van der Waals surface area contributed by atoms with Crippen LogP contribution < -0.4 is 10.6 Å². The van der Waals surface area contributed by atoms with Crippen LogP contribution in [0.3, 0.4) is 0 Å². The van der Waals surface area contributed by atoms with E-state index < -0.39 is 0 Å². The fourth-order valence-corrected chi connectivity index (χ4v) is 2.70. The summed E-state index contributed by atoms with van der Waals surface area (Å²) in [5.41, 5.74) is 0. The van der Waals surface area contributed by atoms with Crippen molar-refractivity contribution in [3.05, 3.63) is 0 Å². The van der Waals surface area contributed by atoms with Crippen LogP contribution in [0, 0.1) is 11.8 Å². The maximum absolute atomic E-state index is 11.9. The number of hydrogen-bond acceptors (Lipinski definition) is 3. The molecule has 1 aliphatic carbocycles. The van der Waals surface area contributed by atoms with E-state index in [1.54, 1.807) is 19.0 Å². The zero-order chi connectivity index (χ0) is 13.1. The van der Waals surface area contributed by atoms with Crippen LogP contribution in [-0.4, -0.2) is 49.9 Å². The van der Waals surface area contributed by atoms with E-state index in [-0.39, 0.29) is 29.7 Å². The monoisotopic (exact) mass is 253 g/mol. The number of carbonyl (C=O) groups excluding carboxylic acids is 2. The van der Waals surface area contributed by atoms with Crippen LogP contribution in [0.2, 0.25) is 0 Å². The summed E-state index contributed by atoms with van der Waals surface area (Å²) in [7, 11) is 3.59. The first-order chi connectivity index (χ1) is 8.58. The van der Waals surface area contributed by atoms with Gasteiger partial charge >= 0.3 is 0 Å². The number of nitrogens with one attached hydrogen (secondary N) is 2. The van der Waals surface area contributed by atoms with Crippen molar-refractivity contribution in [2.75, 3.05) is 27.2 Å². The Morgan fingerprint density at radius 2 is 1.89 bits per heavy atom. The molecule has 1 heterocycles. The molecule has 2 rings (SSSR count). The van der Waals surface area contributed by atoms with Crippen LogP contribution in [0.15, 0.2) is 0 Å². The van der Waals surface area contributed by atoms with Gasteiger partial charge in [-0.15, -0.1) is 0 Å². The molecule has 0 aromatic rings. The van der Waals surface area contributed by atoms with Crippen LogP contribution in [0.5, 0.6) is 0 Å². The van der Waals surface area contributed by atoms with Gasteiger partial charge in [0.15, 0.2) is 0 Å². The van der Waals surface area contributed by atoms with Gasteiger partial charge in [0.25, 0.3) is 0 Å². The summed E-state index contributed by atoms with van der Waals surface area (Å²) in [5.74, 6) is 0.560. The number of hydrogen-bond donors (Lipinski definition) is 2. The van der Waals surface area contributed by atoms with Gasteiger partial charge in [-0.25, -0.2) is 0 Å². The van der Waals surface area contributed by atoms with E-state index in [4.69, 9.17) is 0 Å². The van der Waals surface area contributed by atoms with Crippen molar-refractivity contribution in [3.63, 3.8) is 0 Å². The zero-order valence-electron chi connectivity index (χ0n) is 11.2. The van der Waals surface area contributed by atoms with Crippen molar-refractivity contribution in [2.24, 2.45) is 11.8 Å². The molecule has 2 aliphatic rings. The van der Waals surface area contributed by atoms with E-state index >= 15 is 0 Å². The molecule has 0 spiro atoms. The molecule has 0 bridgehead atoms. The van der Waals surface area contributed by atoms with Crippen molar-refractivity contribution < 1.29 is 9.59 Å². The molecule has 2 N–H and O–H groups in total. The lowest BCUT2D eigenvalue weighted by molar-refractivity contribution is -0.135. The highest BCUT2D eigenvalue weighted by atomic mass is 16.2. The predicted molar refractivity (Wildman–Crippen MR) is 68.9 cm³/mol. The van der Waals surface area contributed by atoms with Gasteiger partial charge in [0.1, 0.15) is 0 Å². The van der Waals surface area contributed by atoms with E-state index in [0.29, 0.717) is 0 Å². The van der Waals surface area contributed by atoms with E-state index in [0.717, 1.165) is 38.8 Å². The lowest BCUT2D eigenvalue weighted by Crippen LogP contribution is -2.53. The molecular weight excluding hydrogens is 230 g/mol. The third-order valence-corrected chi connectivity index (χ3v) is 3.96. The number of carbonyl (C=O) groups is 2. The van der Waals surface area contributed by atoms with Gasteiger partial charge in [-0.05, 0) is 19.3 Å². The molecule has 2 amide bonds. The molecule has 1 aliphatic heterocycles. The van der Waals surface area contributed by atoms with Gasteiger partial charge in [-0.2, -0.15) is 0 Å². The maximum atomic E-state index is 11.9. The third-order valence-electron chi connectivity index (χ3n) is 3.96. The smallest absolute Gasteiger partial charge is 0.225 e. The Labute approximate surface area is 108 Å². The van der Waals surface area contributed by atoms with Crippen molar-refractivity contribution in [1.29, 1.82) is 0 Å². The van der Waals surface area contributed by atoms with Crippen LogP contribution in [-0.2, 0) is 9.59 Å². The predicted octanol–water partition coefficient (Wildman–Crippen LogP) is -0.0310. The Morgan fingerprint density at radius 3 is 2.44 bits per heavy atom. The quantitative estimate of drug-likeness (QED) is 0.742. The van der Waals surface area contributed by atoms with Gasteiger partial charge < -0.3 is 15.5 Å². The average molecular weight is 253 g/mol. The largest absolute Gasteiger partial charge is 0.353 e. The van der Waals surface area contributed by atoms with Crippen LogP contribution in [0.4, 0.5) is 0 Å². The molecule has 1 saturated heterocycles. The second-order valence-electron chi connectivity index (χ2n) is 5.66. The third kappa shape index (κ3) is 3.02. The minimum absolute atomic E-state index is 0.0820. The van der Waals surface area contributed by atoms with Gasteiger partial charge in [0.05, 0.1) is 5.92 Å². The number of nitrogens with zero attached hydrogens (tertiary/aromatic N) is 1. The minimum atomic E-state index is 0.0820. The van der Waals surface area contributed by atoms with Crippen LogP contribution in [0.25, 0.3) is 0 Å². The number of rotatable bonds is 3. The Morgan fingerprint density at radius 1 is 1.17 bits per heavy atom. The summed E-state index contributed by atoms with van der Waals surface area (Å²) >= 11 is 0. The summed E-state index contributed by atoms with van der Waals surface area (Å²) in [6.07, 6.45) is 3.78. The van der Waals surface area contributed by atoms with Gasteiger partial charge in [0.2, 0.25) is 11.8 Å². The molecule has 2 atom stereocenters. The molecular formula is C13H23N3O2. The van der Waals surface area contributed by atoms with E-state index in [1.807, 2.05) is 0 Å². The Kier molecular flexibility index (Phi) is 4.22. The molecule has 0 aromatic carbocycles. The normalized spacial score (nSPS) is 28.3. The summed E-state index contributed by atoms with van der Waals surface area (Å²) in [5, 5.41) is 6.19. The molecule has 0 aromatic heterocycles. The Bertz CT molecular complexity index is 326. The molecule has 5 nitrogen and oxygen atoms in total. The summed E-state index contributed by atoms with van der Waals surface area (Å²) < 4.78 is 0. The zero-order valence-corrected chi connectivity index (χ0v) is 11.2. The van der Waals surface area contributed by atoms with E-state index in [9.17, 15) is 9.59 Å². The molecule has 2 fully saturated rings. The lowest BCUT2D eigenvalue weighted by atomic mass is 9.84. The first-order valence-corrected chi connectivity index (χ1v) is 6.80. The van der Waals surface area contributed by atoms with Gasteiger partial charge in [-0.3, -0.25) is 9.59 Å². The van der Waals surface area contributed by atoms with Gasteiger partial charge in [0, 0.05) is 39.1 Å². The highest BCUT2D eigenvalue weighted by molar-refractivity contribution is 5.81. The Hall–Kier alpha value is -1.10. The van der Waals surface area contributed by atoms with Crippen LogP contribution >= 0.6 is 0 Å². The lowest BCUT2D eigenvalue weighted by Gasteiger charge is -2.33. The molecule has 18 heavy (non-hydrogen) atoms. The average Bonchev–Trinajstić information content (AvgIpc) is 2.25. The number of amides is 2. The molecule has 2 unspecified atom stereocenters. The van der Waals surface area contributed by atoms with Crippen molar-refractivity contribution in [3.8, 4) is 0 Å². The molecule has 0 radical (unpaired) electrons. The second-order valence-corrected chi connectivity index (χ2v) is 5.66. The Balaban J connectivity index is 1.82. The highest BCUT2D eigenvalue weighted by Crippen LogP contribution is 2.25. The minimum Gasteiger partial charge on any atom is -0.353 e. The maximum Gasteiger partial charge on any atom is 0.225 e. The SMILES string of the molecule is CN(C)C(=O)C1CCCC(NC(=O)C2CNC2)C1. The molecule has 1 saturated carbocycles. The fourth-order valence-electron chi connectivity index (χ4n) is 2.70. The summed E-state index contributed by atoms with van der Waals surface area (Å²) in [6.45, 7) is 1.58. The topological polar surface area (TPSA) is 61.4 Å². The van der Waals surface area contributed by atoms with Gasteiger partial charge in [-0.1, -0.05) is 6.42 Å². The highest BCUT2D eigenvalue weighted by Gasteiger charge is 2.31. The van der Waals surface area contributed by atoms with Crippen molar-refractivity contribution in [2.45, 2.75) is 31.7 Å². The standard InChI is InChI=1S/C13H23N3O2/c1-16(2)13(18)9-4-3-5-11(6-9)15-12(17)10-7-14-8-10/h9-11,14H,3-8H2,1-2H3,(H,15,17). The van der Waals surface area contributed by atoms with E-state index in [2.05, 4.69) is 10.6 Å².